The summed E-state index contributed by atoms with van der Waals surface area (Å²) in [6.45, 7) is 0.572. The highest BCUT2D eigenvalue weighted by molar-refractivity contribution is 5.76. The van der Waals surface area contributed by atoms with Gasteiger partial charge in [-0.2, -0.15) is 0 Å². The third kappa shape index (κ3) is 3.55. The number of nitrogens with one attached hydrogen (secondary N) is 2. The van der Waals surface area contributed by atoms with Crippen LogP contribution in [-0.4, -0.2) is 19.6 Å². The van der Waals surface area contributed by atoms with Gasteiger partial charge in [0.25, 0.3) is 5.91 Å². The van der Waals surface area contributed by atoms with E-state index in [-0.39, 0.29) is 12.5 Å². The number of hydrogen-bond acceptors (Lipinski definition) is 3. The zero-order chi connectivity index (χ0) is 12.8. The van der Waals surface area contributed by atoms with Gasteiger partial charge in [-0.25, -0.2) is 5.43 Å². The van der Waals surface area contributed by atoms with Crippen molar-refractivity contribution in [3.63, 3.8) is 0 Å². The molecule has 0 aromatic heterocycles. The number of ether oxygens (including phenoxy) is 1. The summed E-state index contributed by atoms with van der Waals surface area (Å²) in [7, 11) is 1.65. The number of hydrogen-bond donors (Lipinski definition) is 2. The topological polar surface area (TPSA) is 50.4 Å². The highest BCUT2D eigenvalue weighted by atomic mass is 16.5. The predicted molar refractivity (Wildman–Crippen MR) is 69.9 cm³/mol. The first-order valence-electron chi connectivity index (χ1n) is 6.43. The molecule has 0 atom stereocenters. The monoisotopic (exact) mass is 248 g/mol. The lowest BCUT2D eigenvalue weighted by atomic mass is 9.90. The molecule has 0 heterocycles. The Bertz CT molecular complexity index is 418. The molecule has 2 rings (SSSR count). The second-order valence-corrected chi connectivity index (χ2v) is 4.60. The number of carbonyl (C=O) groups excluding carboxylic acids is 1. The van der Waals surface area contributed by atoms with Gasteiger partial charge in [0.05, 0.1) is 6.61 Å². The second-order valence-electron chi connectivity index (χ2n) is 4.60. The van der Waals surface area contributed by atoms with E-state index in [4.69, 9.17) is 4.74 Å². The molecule has 1 aliphatic carbocycles. The van der Waals surface area contributed by atoms with Crippen LogP contribution in [0.5, 0.6) is 0 Å². The summed E-state index contributed by atoms with van der Waals surface area (Å²) in [5.74, 6) is -0.157. The van der Waals surface area contributed by atoms with Crippen molar-refractivity contribution in [1.29, 1.82) is 0 Å². The highest BCUT2D eigenvalue weighted by Gasteiger charge is 2.09. The van der Waals surface area contributed by atoms with E-state index in [1.807, 2.05) is 0 Å². The van der Waals surface area contributed by atoms with E-state index < -0.39 is 0 Å². The maximum atomic E-state index is 11.2. The molecule has 0 unspecified atom stereocenters. The summed E-state index contributed by atoms with van der Waals surface area (Å²) in [5.41, 5.74) is 9.11. The van der Waals surface area contributed by atoms with Gasteiger partial charge in [-0.05, 0) is 42.4 Å². The van der Waals surface area contributed by atoms with E-state index >= 15 is 0 Å². The Balaban J connectivity index is 1.84. The Morgan fingerprint density at radius 3 is 2.83 bits per heavy atom. The maximum Gasteiger partial charge on any atom is 0.260 e. The molecule has 0 radical (unpaired) electrons. The van der Waals surface area contributed by atoms with Crippen LogP contribution in [0.1, 0.15) is 29.5 Å². The fraction of sp³-hybridized carbons (Fsp3) is 0.500. The molecule has 1 aliphatic rings. The lowest BCUT2D eigenvalue weighted by molar-refractivity contribution is -0.126. The van der Waals surface area contributed by atoms with Crippen molar-refractivity contribution in [1.82, 2.24) is 10.9 Å². The first-order valence-corrected chi connectivity index (χ1v) is 6.43. The van der Waals surface area contributed by atoms with Gasteiger partial charge in [0, 0.05) is 7.05 Å². The van der Waals surface area contributed by atoms with Gasteiger partial charge in [0.15, 0.2) is 0 Å². The number of aryl methyl sites for hydroxylation is 2. The van der Waals surface area contributed by atoms with Crippen LogP contribution < -0.4 is 10.9 Å². The molecule has 98 valence electrons. The summed E-state index contributed by atoms with van der Waals surface area (Å²) in [6, 6.07) is 6.51. The lowest BCUT2D eigenvalue weighted by Crippen LogP contribution is -2.36. The molecule has 18 heavy (non-hydrogen) atoms. The van der Waals surface area contributed by atoms with Crippen molar-refractivity contribution >= 4 is 5.91 Å². The van der Waals surface area contributed by atoms with Crippen LogP contribution >= 0.6 is 0 Å². The van der Waals surface area contributed by atoms with Gasteiger partial charge in [-0.3, -0.25) is 10.2 Å². The summed E-state index contributed by atoms with van der Waals surface area (Å²) in [5, 5.41) is 0. The normalized spacial score (nSPS) is 14.1. The molecule has 1 aromatic rings. The number of benzene rings is 1. The van der Waals surface area contributed by atoms with E-state index in [2.05, 4.69) is 29.1 Å². The van der Waals surface area contributed by atoms with Crippen molar-refractivity contribution in [2.24, 2.45) is 0 Å². The van der Waals surface area contributed by atoms with Crippen LogP contribution in [0.3, 0.4) is 0 Å². The minimum Gasteiger partial charge on any atom is -0.367 e. The van der Waals surface area contributed by atoms with Gasteiger partial charge in [0.1, 0.15) is 6.61 Å². The van der Waals surface area contributed by atoms with Crippen LogP contribution in [0, 0.1) is 0 Å². The quantitative estimate of drug-likeness (QED) is 0.773. The molecule has 0 aliphatic heterocycles. The molecule has 1 amide bonds. The number of rotatable bonds is 5. The van der Waals surface area contributed by atoms with Crippen LogP contribution in [-0.2, 0) is 29.0 Å². The van der Waals surface area contributed by atoms with Crippen LogP contribution in [0.15, 0.2) is 18.2 Å². The molecular formula is C14H20N2O2. The van der Waals surface area contributed by atoms with E-state index in [1.54, 1.807) is 7.05 Å². The van der Waals surface area contributed by atoms with Gasteiger partial charge < -0.3 is 4.74 Å². The van der Waals surface area contributed by atoms with Gasteiger partial charge in [-0.1, -0.05) is 18.2 Å². The van der Waals surface area contributed by atoms with Crippen molar-refractivity contribution in [2.75, 3.05) is 13.7 Å². The summed E-state index contributed by atoms with van der Waals surface area (Å²) >= 11 is 0. The van der Waals surface area contributed by atoms with Crippen molar-refractivity contribution in [2.45, 2.75) is 32.3 Å². The highest BCUT2D eigenvalue weighted by Crippen LogP contribution is 2.22. The first-order chi connectivity index (χ1) is 8.79. The van der Waals surface area contributed by atoms with Gasteiger partial charge in [0.2, 0.25) is 0 Å². The number of fused-ring (bicyclic) bond motifs is 1. The predicted octanol–water partition coefficient (Wildman–Crippen LogP) is 1.33. The van der Waals surface area contributed by atoms with Gasteiger partial charge in [-0.15, -0.1) is 0 Å². The Morgan fingerprint density at radius 2 is 2.06 bits per heavy atom. The minimum absolute atomic E-state index is 0.0813. The van der Waals surface area contributed by atoms with Crippen LogP contribution in [0.4, 0.5) is 0 Å². The van der Waals surface area contributed by atoms with Crippen LogP contribution in [0.25, 0.3) is 0 Å². The smallest absolute Gasteiger partial charge is 0.260 e. The van der Waals surface area contributed by atoms with Crippen molar-refractivity contribution in [3.05, 3.63) is 34.9 Å². The first kappa shape index (κ1) is 13.1. The Hall–Kier alpha value is -1.39. The Morgan fingerprint density at radius 1 is 1.28 bits per heavy atom. The Labute approximate surface area is 108 Å². The van der Waals surface area contributed by atoms with Crippen molar-refractivity contribution in [3.8, 4) is 0 Å². The zero-order valence-electron chi connectivity index (χ0n) is 10.8. The van der Waals surface area contributed by atoms with Crippen LogP contribution in [0.2, 0.25) is 0 Å². The average molecular weight is 248 g/mol. The standard InChI is InChI=1S/C14H20N2O2/c1-15-16-14(17)10-18-9-11-6-7-12-4-2-3-5-13(12)8-11/h6-8,15H,2-5,9-10H2,1H3,(H,16,17). The molecule has 0 bridgehead atoms. The molecule has 4 heteroatoms. The third-order valence-electron chi connectivity index (χ3n) is 3.18. The molecular weight excluding hydrogens is 228 g/mol. The second kappa shape index (κ2) is 6.52. The number of amides is 1. The van der Waals surface area contributed by atoms with E-state index in [0.717, 1.165) is 5.56 Å². The molecule has 0 fully saturated rings. The summed E-state index contributed by atoms with van der Waals surface area (Å²) in [4.78, 5) is 11.2. The molecule has 0 saturated carbocycles. The summed E-state index contributed by atoms with van der Waals surface area (Å²) in [6.07, 6.45) is 4.94. The third-order valence-corrected chi connectivity index (χ3v) is 3.18. The summed E-state index contributed by atoms with van der Waals surface area (Å²) < 4.78 is 5.37. The largest absolute Gasteiger partial charge is 0.367 e. The Kier molecular flexibility index (Phi) is 4.73. The fourth-order valence-electron chi connectivity index (χ4n) is 2.31. The minimum atomic E-state index is -0.157. The zero-order valence-corrected chi connectivity index (χ0v) is 10.8. The number of hydrazine groups is 1. The van der Waals surface area contributed by atoms with Gasteiger partial charge >= 0.3 is 0 Å². The molecule has 2 N–H and O–H groups in total. The number of carbonyl (C=O) groups is 1. The molecule has 0 saturated heterocycles. The SMILES string of the molecule is CNNC(=O)COCc1ccc2c(c1)CCCC2. The fourth-order valence-corrected chi connectivity index (χ4v) is 2.31. The molecule has 1 aromatic carbocycles. The van der Waals surface area contributed by atoms with Crippen molar-refractivity contribution < 1.29 is 9.53 Å². The molecule has 4 nitrogen and oxygen atoms in total. The molecule has 0 spiro atoms. The van der Waals surface area contributed by atoms with E-state index in [1.165, 1.54) is 36.8 Å². The van der Waals surface area contributed by atoms with E-state index in [9.17, 15) is 4.79 Å². The van der Waals surface area contributed by atoms with E-state index in [0.29, 0.717) is 6.61 Å². The lowest BCUT2D eigenvalue weighted by Gasteiger charge is -2.16. The maximum absolute atomic E-state index is 11.2. The average Bonchev–Trinajstić information content (AvgIpc) is 2.39.